The molecule has 1 aliphatic heterocycles. The molecule has 1 heterocycles. The Kier molecular flexibility index (Phi) is 6.58. The second kappa shape index (κ2) is 8.98. The lowest BCUT2D eigenvalue weighted by Gasteiger charge is -2.38. The van der Waals surface area contributed by atoms with Crippen LogP contribution in [-0.2, 0) is 11.0 Å². The molecule has 0 amide bonds. The van der Waals surface area contributed by atoms with Crippen LogP contribution in [0.4, 0.5) is 18.9 Å². The third-order valence-electron chi connectivity index (χ3n) is 5.69. The summed E-state index contributed by atoms with van der Waals surface area (Å²) in [7, 11) is 0. The Hall–Kier alpha value is -2.70. The molecule has 0 spiro atoms. The highest BCUT2D eigenvalue weighted by atomic mass is 19.4. The van der Waals surface area contributed by atoms with Gasteiger partial charge >= 0.3 is 12.1 Å². The summed E-state index contributed by atoms with van der Waals surface area (Å²) in [5.41, 5.74) is 1.05. The first-order valence-electron chi connectivity index (χ1n) is 10.1. The van der Waals surface area contributed by atoms with Crippen LogP contribution in [0.25, 0.3) is 11.1 Å². The maximum absolute atomic E-state index is 13.3. The molecule has 2 aromatic rings. The van der Waals surface area contributed by atoms with Gasteiger partial charge in [-0.1, -0.05) is 38.8 Å². The highest BCUT2D eigenvalue weighted by molar-refractivity contribution is 5.77. The average Bonchev–Trinajstić information content (AvgIpc) is 2.67. The van der Waals surface area contributed by atoms with Gasteiger partial charge < -0.3 is 14.7 Å². The van der Waals surface area contributed by atoms with Gasteiger partial charge in [-0.15, -0.1) is 0 Å². The molecule has 1 saturated heterocycles. The molecular weight excluding hydrogens is 395 g/mol. The fourth-order valence-electron chi connectivity index (χ4n) is 3.51. The molecule has 1 N–H and O–H groups in total. The Morgan fingerprint density at radius 1 is 1.17 bits per heavy atom. The van der Waals surface area contributed by atoms with Gasteiger partial charge in [-0.25, -0.2) is 0 Å². The number of aliphatic carboxylic acids is 1. The molecule has 1 aliphatic rings. The van der Waals surface area contributed by atoms with Crippen molar-refractivity contribution >= 4 is 11.7 Å². The number of anilines is 1. The lowest BCUT2D eigenvalue weighted by atomic mass is 9.97. The highest BCUT2D eigenvalue weighted by Crippen LogP contribution is 2.39. The van der Waals surface area contributed by atoms with Crippen LogP contribution in [-0.4, -0.2) is 30.8 Å². The van der Waals surface area contributed by atoms with E-state index in [0.29, 0.717) is 42.5 Å². The number of halogens is 3. The van der Waals surface area contributed by atoms with Crippen LogP contribution in [0, 0.1) is 11.8 Å². The molecular formula is C23H26F3NO3. The molecule has 3 rings (SSSR count). The van der Waals surface area contributed by atoms with Gasteiger partial charge in [-0.3, -0.25) is 4.79 Å². The molecule has 0 aromatic heterocycles. The van der Waals surface area contributed by atoms with Crippen LogP contribution in [0.2, 0.25) is 0 Å². The SMILES string of the molecule is CCC(CC)COc1ccc(C(F)(F)F)cc1-c1cccc(N2CC(C(=O)O)C2)c1. The summed E-state index contributed by atoms with van der Waals surface area (Å²) in [5.74, 6) is -0.502. The second-order valence-electron chi connectivity index (χ2n) is 7.69. The molecule has 0 saturated carbocycles. The van der Waals surface area contributed by atoms with Gasteiger partial charge in [0, 0.05) is 24.3 Å². The van der Waals surface area contributed by atoms with Crippen molar-refractivity contribution in [1.29, 1.82) is 0 Å². The van der Waals surface area contributed by atoms with Gasteiger partial charge in [0.2, 0.25) is 0 Å². The van der Waals surface area contributed by atoms with Gasteiger partial charge in [0.15, 0.2) is 0 Å². The number of benzene rings is 2. The van der Waals surface area contributed by atoms with E-state index in [9.17, 15) is 18.0 Å². The van der Waals surface area contributed by atoms with E-state index in [1.54, 1.807) is 18.2 Å². The fraction of sp³-hybridized carbons (Fsp3) is 0.435. The Morgan fingerprint density at radius 2 is 1.87 bits per heavy atom. The number of hydrogen-bond acceptors (Lipinski definition) is 3. The summed E-state index contributed by atoms with van der Waals surface area (Å²) in [4.78, 5) is 13.0. The third kappa shape index (κ3) is 4.89. The molecule has 1 fully saturated rings. The minimum Gasteiger partial charge on any atom is -0.493 e. The van der Waals surface area contributed by atoms with Gasteiger partial charge in [0.05, 0.1) is 18.1 Å². The van der Waals surface area contributed by atoms with Crippen molar-refractivity contribution in [1.82, 2.24) is 0 Å². The van der Waals surface area contributed by atoms with E-state index in [-0.39, 0.29) is 0 Å². The molecule has 0 atom stereocenters. The number of carboxylic acid groups (broad SMARTS) is 1. The average molecular weight is 421 g/mol. The van der Waals surface area contributed by atoms with E-state index < -0.39 is 23.6 Å². The molecule has 0 unspecified atom stereocenters. The van der Waals surface area contributed by atoms with E-state index in [1.165, 1.54) is 6.07 Å². The van der Waals surface area contributed by atoms with Gasteiger partial charge in [-0.2, -0.15) is 13.2 Å². The minimum absolute atomic E-state index is 0.334. The standard InChI is InChI=1S/C23H26F3NO3/c1-3-15(4-2)14-30-21-9-8-18(23(24,25)26)11-20(21)16-6-5-7-19(10-16)27-12-17(13-27)22(28)29/h5-11,15,17H,3-4,12-14H2,1-2H3,(H,28,29). The third-order valence-corrected chi connectivity index (χ3v) is 5.69. The van der Waals surface area contributed by atoms with Gasteiger partial charge in [0.1, 0.15) is 5.75 Å². The lowest BCUT2D eigenvalue weighted by Crippen LogP contribution is -2.50. The molecule has 2 aromatic carbocycles. The summed E-state index contributed by atoms with van der Waals surface area (Å²) in [6, 6.07) is 10.7. The van der Waals surface area contributed by atoms with Crippen molar-refractivity contribution in [3.63, 3.8) is 0 Å². The van der Waals surface area contributed by atoms with Crippen molar-refractivity contribution in [2.24, 2.45) is 11.8 Å². The molecule has 0 aliphatic carbocycles. The zero-order valence-corrected chi connectivity index (χ0v) is 17.1. The van der Waals surface area contributed by atoms with Crippen LogP contribution < -0.4 is 9.64 Å². The molecule has 30 heavy (non-hydrogen) atoms. The normalized spacial score (nSPS) is 14.7. The van der Waals surface area contributed by atoms with Crippen LogP contribution in [0.1, 0.15) is 32.3 Å². The second-order valence-corrected chi connectivity index (χ2v) is 7.69. The van der Waals surface area contributed by atoms with Gasteiger partial charge in [-0.05, 0) is 41.8 Å². The van der Waals surface area contributed by atoms with E-state index >= 15 is 0 Å². The number of rotatable bonds is 8. The largest absolute Gasteiger partial charge is 0.493 e. The summed E-state index contributed by atoms with van der Waals surface area (Å²) >= 11 is 0. The highest BCUT2D eigenvalue weighted by Gasteiger charge is 2.33. The minimum atomic E-state index is -4.45. The molecule has 4 nitrogen and oxygen atoms in total. The number of nitrogens with zero attached hydrogens (tertiary/aromatic N) is 1. The predicted octanol–water partition coefficient (Wildman–Crippen LogP) is 5.71. The maximum Gasteiger partial charge on any atom is 0.416 e. The fourth-order valence-corrected chi connectivity index (χ4v) is 3.51. The molecule has 0 bridgehead atoms. The Labute approximate surface area is 174 Å². The number of carbonyl (C=O) groups is 1. The summed E-state index contributed by atoms with van der Waals surface area (Å²) in [5, 5.41) is 9.07. The van der Waals surface area contributed by atoms with Crippen molar-refractivity contribution in [3.05, 3.63) is 48.0 Å². The van der Waals surface area contributed by atoms with Gasteiger partial charge in [0.25, 0.3) is 0 Å². The number of hydrogen-bond donors (Lipinski definition) is 1. The van der Waals surface area contributed by atoms with E-state index in [4.69, 9.17) is 9.84 Å². The van der Waals surface area contributed by atoms with Crippen molar-refractivity contribution in [2.75, 3.05) is 24.6 Å². The number of carboxylic acids is 1. The number of alkyl halides is 3. The van der Waals surface area contributed by atoms with Crippen LogP contribution in [0.5, 0.6) is 5.75 Å². The Bertz CT molecular complexity index is 888. The Morgan fingerprint density at radius 3 is 2.47 bits per heavy atom. The first-order chi connectivity index (χ1) is 14.2. The van der Waals surface area contributed by atoms with Crippen molar-refractivity contribution in [3.8, 4) is 16.9 Å². The predicted molar refractivity (Wildman–Crippen MR) is 110 cm³/mol. The van der Waals surface area contributed by atoms with E-state index in [1.807, 2.05) is 11.0 Å². The summed E-state index contributed by atoms with van der Waals surface area (Å²) < 4.78 is 45.9. The van der Waals surface area contributed by atoms with Crippen LogP contribution in [0.3, 0.4) is 0 Å². The topological polar surface area (TPSA) is 49.8 Å². The van der Waals surface area contributed by atoms with Crippen LogP contribution >= 0.6 is 0 Å². The molecule has 0 radical (unpaired) electrons. The summed E-state index contributed by atoms with van der Waals surface area (Å²) in [6.45, 7) is 5.34. The maximum atomic E-state index is 13.3. The smallest absolute Gasteiger partial charge is 0.416 e. The zero-order chi connectivity index (χ0) is 21.9. The molecule has 7 heteroatoms. The summed E-state index contributed by atoms with van der Waals surface area (Å²) in [6.07, 6.45) is -2.59. The Balaban J connectivity index is 1.92. The van der Waals surface area contributed by atoms with Crippen molar-refractivity contribution in [2.45, 2.75) is 32.9 Å². The zero-order valence-electron chi connectivity index (χ0n) is 17.1. The van der Waals surface area contributed by atoms with Crippen molar-refractivity contribution < 1.29 is 27.8 Å². The first kappa shape index (κ1) is 22.0. The van der Waals surface area contributed by atoms with E-state index in [0.717, 1.165) is 30.7 Å². The molecule has 162 valence electrons. The van der Waals surface area contributed by atoms with Crippen LogP contribution in [0.15, 0.2) is 42.5 Å². The quantitative estimate of drug-likeness (QED) is 0.593. The first-order valence-corrected chi connectivity index (χ1v) is 10.1. The lowest BCUT2D eigenvalue weighted by molar-refractivity contribution is -0.142. The monoisotopic (exact) mass is 421 g/mol. The van der Waals surface area contributed by atoms with E-state index in [2.05, 4.69) is 13.8 Å². The number of ether oxygens (including phenoxy) is 1.